The highest BCUT2D eigenvalue weighted by molar-refractivity contribution is 5.96. The molecule has 146 valence electrons. The van der Waals surface area contributed by atoms with E-state index in [1.165, 1.54) is 31.2 Å². The fourth-order valence-electron chi connectivity index (χ4n) is 2.52. The molecule has 0 aromatic heterocycles. The minimum Gasteiger partial charge on any atom is -0.490 e. The van der Waals surface area contributed by atoms with E-state index in [0.29, 0.717) is 24.7 Å². The molecule has 1 atom stereocenters. The summed E-state index contributed by atoms with van der Waals surface area (Å²) in [4.78, 5) is 24.0. The molecule has 0 radical (unpaired) electrons. The van der Waals surface area contributed by atoms with Crippen molar-refractivity contribution in [1.29, 1.82) is 0 Å². The van der Waals surface area contributed by atoms with Gasteiger partial charge in [0.15, 0.2) is 17.6 Å². The smallest absolute Gasteiger partial charge is 0.331 e. The second kappa shape index (κ2) is 9.03. The number of hydrogen-bond acceptors (Lipinski definition) is 5. The molecule has 1 amide bonds. The molecule has 1 N–H and O–H groups in total. The number of hydrogen-bond donors (Lipinski definition) is 1. The number of esters is 1. The number of carbonyl (C=O) groups is 2. The largest absolute Gasteiger partial charge is 0.490 e. The van der Waals surface area contributed by atoms with E-state index in [-0.39, 0.29) is 5.69 Å². The average Bonchev–Trinajstić information content (AvgIpc) is 2.91. The lowest BCUT2D eigenvalue weighted by Crippen LogP contribution is -2.29. The van der Waals surface area contributed by atoms with Crippen LogP contribution in [-0.4, -0.2) is 31.2 Å². The first kappa shape index (κ1) is 19.4. The molecule has 1 aliphatic rings. The number of ether oxygens (including phenoxy) is 3. The highest BCUT2D eigenvalue weighted by Gasteiger charge is 2.17. The molecular weight excluding hydrogens is 365 g/mol. The van der Waals surface area contributed by atoms with Crippen LogP contribution < -0.4 is 14.8 Å². The van der Waals surface area contributed by atoms with Crippen LogP contribution in [0.2, 0.25) is 0 Å². The Morgan fingerprint density at radius 3 is 2.71 bits per heavy atom. The monoisotopic (exact) mass is 385 g/mol. The second-order valence-corrected chi connectivity index (χ2v) is 6.17. The maximum Gasteiger partial charge on any atom is 0.331 e. The highest BCUT2D eigenvalue weighted by atomic mass is 19.1. The summed E-state index contributed by atoms with van der Waals surface area (Å²) in [5.74, 6) is -0.409. The number of halogens is 1. The van der Waals surface area contributed by atoms with Crippen molar-refractivity contribution in [3.63, 3.8) is 0 Å². The zero-order chi connectivity index (χ0) is 19.9. The van der Waals surface area contributed by atoms with Gasteiger partial charge in [0, 0.05) is 18.2 Å². The van der Waals surface area contributed by atoms with Crippen LogP contribution in [0.15, 0.2) is 48.5 Å². The summed E-state index contributed by atoms with van der Waals surface area (Å²) in [5.41, 5.74) is 1.02. The van der Waals surface area contributed by atoms with Crippen LogP contribution in [0.5, 0.6) is 11.5 Å². The Balaban J connectivity index is 1.55. The number of anilines is 1. The van der Waals surface area contributed by atoms with Gasteiger partial charge in [-0.2, -0.15) is 0 Å². The first-order valence-corrected chi connectivity index (χ1v) is 8.86. The standard InChI is InChI=1S/C21H20FNO5/c1-14(21(25)23-17-5-2-4-16(22)13-17)28-20(24)9-7-15-6-8-18-19(12-15)27-11-3-10-26-18/h2,4-9,12-14H,3,10-11H2,1H3,(H,23,25)/b9-7+/t14-/m0/s1. The highest BCUT2D eigenvalue weighted by Crippen LogP contribution is 2.30. The summed E-state index contributed by atoms with van der Waals surface area (Å²) in [6, 6.07) is 10.8. The Kier molecular flexibility index (Phi) is 6.26. The Morgan fingerprint density at radius 1 is 1.14 bits per heavy atom. The van der Waals surface area contributed by atoms with E-state index in [1.807, 2.05) is 0 Å². The number of rotatable bonds is 5. The van der Waals surface area contributed by atoms with Gasteiger partial charge in [-0.1, -0.05) is 12.1 Å². The summed E-state index contributed by atoms with van der Waals surface area (Å²) >= 11 is 0. The predicted molar refractivity (Wildman–Crippen MR) is 102 cm³/mol. The lowest BCUT2D eigenvalue weighted by Gasteiger charge is -2.12. The van der Waals surface area contributed by atoms with Gasteiger partial charge in [0.2, 0.25) is 0 Å². The zero-order valence-electron chi connectivity index (χ0n) is 15.3. The molecular formula is C21H20FNO5. The van der Waals surface area contributed by atoms with E-state index in [9.17, 15) is 14.0 Å². The number of fused-ring (bicyclic) bond motifs is 1. The summed E-state index contributed by atoms with van der Waals surface area (Å²) in [5, 5.41) is 2.49. The van der Waals surface area contributed by atoms with Gasteiger partial charge in [-0.05, 0) is 48.9 Å². The maximum absolute atomic E-state index is 13.2. The second-order valence-electron chi connectivity index (χ2n) is 6.17. The topological polar surface area (TPSA) is 73.9 Å². The van der Waals surface area contributed by atoms with Crippen molar-refractivity contribution in [1.82, 2.24) is 0 Å². The van der Waals surface area contributed by atoms with Crippen LogP contribution >= 0.6 is 0 Å². The number of carbonyl (C=O) groups excluding carboxylic acids is 2. The molecule has 1 heterocycles. The molecule has 0 bridgehead atoms. The molecule has 0 aliphatic carbocycles. The van der Waals surface area contributed by atoms with Crippen LogP contribution in [0.4, 0.5) is 10.1 Å². The van der Waals surface area contributed by atoms with Gasteiger partial charge in [0.25, 0.3) is 5.91 Å². The van der Waals surface area contributed by atoms with Crippen molar-refractivity contribution >= 4 is 23.6 Å². The molecule has 0 fully saturated rings. The van der Waals surface area contributed by atoms with E-state index in [0.717, 1.165) is 12.0 Å². The van der Waals surface area contributed by atoms with Crippen molar-refractivity contribution < 1.29 is 28.2 Å². The van der Waals surface area contributed by atoms with Gasteiger partial charge in [-0.25, -0.2) is 9.18 Å². The van der Waals surface area contributed by atoms with Gasteiger partial charge >= 0.3 is 5.97 Å². The van der Waals surface area contributed by atoms with Crippen molar-refractivity contribution in [3.8, 4) is 11.5 Å². The van der Waals surface area contributed by atoms with Crippen molar-refractivity contribution in [2.75, 3.05) is 18.5 Å². The van der Waals surface area contributed by atoms with Crippen LogP contribution in [0.3, 0.4) is 0 Å². The van der Waals surface area contributed by atoms with Crippen molar-refractivity contribution in [2.45, 2.75) is 19.4 Å². The SMILES string of the molecule is C[C@H](OC(=O)/C=C/c1ccc2c(c1)OCCCO2)C(=O)Nc1cccc(F)c1. The van der Waals surface area contributed by atoms with E-state index in [1.54, 1.807) is 30.3 Å². The third kappa shape index (κ3) is 5.33. The lowest BCUT2D eigenvalue weighted by atomic mass is 10.2. The predicted octanol–water partition coefficient (Wildman–Crippen LogP) is 3.57. The minimum absolute atomic E-state index is 0.288. The van der Waals surface area contributed by atoms with Crippen LogP contribution in [0.25, 0.3) is 6.08 Å². The molecule has 2 aromatic carbocycles. The van der Waals surface area contributed by atoms with Crippen LogP contribution in [-0.2, 0) is 14.3 Å². The van der Waals surface area contributed by atoms with Crippen molar-refractivity contribution in [3.05, 3.63) is 59.9 Å². The zero-order valence-corrected chi connectivity index (χ0v) is 15.3. The molecule has 3 rings (SSSR count). The van der Waals surface area contributed by atoms with Gasteiger partial charge in [-0.15, -0.1) is 0 Å². The summed E-state index contributed by atoms with van der Waals surface area (Å²) in [6.07, 6.45) is 2.56. The minimum atomic E-state index is -1.04. The Bertz CT molecular complexity index is 896. The lowest BCUT2D eigenvalue weighted by molar-refractivity contribution is -0.148. The molecule has 0 unspecified atom stereocenters. The molecule has 28 heavy (non-hydrogen) atoms. The van der Waals surface area contributed by atoms with E-state index < -0.39 is 23.8 Å². The Labute approximate surface area is 161 Å². The van der Waals surface area contributed by atoms with Gasteiger partial charge in [0.1, 0.15) is 5.82 Å². The Morgan fingerprint density at radius 2 is 1.93 bits per heavy atom. The van der Waals surface area contributed by atoms with Gasteiger partial charge in [-0.3, -0.25) is 4.79 Å². The molecule has 7 heteroatoms. The quantitative estimate of drug-likeness (QED) is 0.629. The number of nitrogens with one attached hydrogen (secondary N) is 1. The normalized spacial score (nSPS) is 14.2. The third-order valence-electron chi connectivity index (χ3n) is 3.94. The average molecular weight is 385 g/mol. The summed E-state index contributed by atoms with van der Waals surface area (Å²) in [7, 11) is 0. The Hall–Kier alpha value is -3.35. The van der Waals surface area contributed by atoms with E-state index >= 15 is 0 Å². The first-order valence-electron chi connectivity index (χ1n) is 8.86. The van der Waals surface area contributed by atoms with Crippen LogP contribution in [0, 0.1) is 5.82 Å². The van der Waals surface area contributed by atoms with Crippen molar-refractivity contribution in [2.24, 2.45) is 0 Å². The summed E-state index contributed by atoms with van der Waals surface area (Å²) in [6.45, 7) is 2.61. The number of amides is 1. The fraction of sp³-hybridized carbons (Fsp3) is 0.238. The van der Waals surface area contributed by atoms with E-state index in [2.05, 4.69) is 5.32 Å². The molecule has 6 nitrogen and oxygen atoms in total. The molecule has 0 saturated heterocycles. The first-order chi connectivity index (χ1) is 13.5. The molecule has 2 aromatic rings. The fourth-order valence-corrected chi connectivity index (χ4v) is 2.52. The van der Waals surface area contributed by atoms with E-state index in [4.69, 9.17) is 14.2 Å². The van der Waals surface area contributed by atoms with Gasteiger partial charge in [0.05, 0.1) is 13.2 Å². The summed E-state index contributed by atoms with van der Waals surface area (Å²) < 4.78 is 29.4. The molecule has 1 aliphatic heterocycles. The third-order valence-corrected chi connectivity index (χ3v) is 3.94. The van der Waals surface area contributed by atoms with Crippen LogP contribution in [0.1, 0.15) is 18.9 Å². The van der Waals surface area contributed by atoms with Gasteiger partial charge < -0.3 is 19.5 Å². The maximum atomic E-state index is 13.2. The molecule has 0 saturated carbocycles. The number of benzene rings is 2. The molecule has 0 spiro atoms.